The maximum atomic E-state index is 7.78. The number of imidazole rings is 1. The first kappa shape index (κ1) is 15.6. The molecule has 2 aromatic rings. The van der Waals surface area contributed by atoms with Gasteiger partial charge in [-0.3, -0.25) is 5.41 Å². The smallest absolute Gasteiger partial charge is 0.137 e. The summed E-state index contributed by atoms with van der Waals surface area (Å²) in [5.74, 6) is 0.404. The van der Waals surface area contributed by atoms with Crippen LogP contribution in [-0.4, -0.2) is 20.7 Å². The summed E-state index contributed by atoms with van der Waals surface area (Å²) in [6.07, 6.45) is 6.83. The van der Waals surface area contributed by atoms with E-state index in [4.69, 9.17) is 10.4 Å². The highest BCUT2D eigenvalue weighted by Crippen LogP contribution is 2.28. The van der Waals surface area contributed by atoms with Crippen molar-refractivity contribution in [3.8, 4) is 0 Å². The molecule has 0 saturated carbocycles. The maximum Gasteiger partial charge on any atom is 0.137 e. The molecule has 1 atom stereocenters. The number of aromatic nitrogens is 2. The van der Waals surface area contributed by atoms with E-state index in [0.717, 1.165) is 34.4 Å². The Kier molecular flexibility index (Phi) is 5.27. The molecule has 0 amide bonds. The molecular weight excluding hydrogens is 334 g/mol. The first-order chi connectivity index (χ1) is 9.56. The number of fused-ring (bicyclic) bond motifs is 1. The quantitative estimate of drug-likeness (QED) is 0.614. The number of aryl methyl sites for hydroxylation is 1. The zero-order chi connectivity index (χ0) is 14.7. The number of rotatable bonds is 5. The van der Waals surface area contributed by atoms with Gasteiger partial charge in [-0.1, -0.05) is 13.8 Å². The van der Waals surface area contributed by atoms with E-state index >= 15 is 0 Å². The Balaban J connectivity index is 2.35. The van der Waals surface area contributed by atoms with E-state index in [-0.39, 0.29) is 0 Å². The van der Waals surface area contributed by atoms with Crippen molar-refractivity contribution in [1.29, 1.82) is 5.41 Å². The van der Waals surface area contributed by atoms with Crippen LogP contribution in [0.5, 0.6) is 0 Å². The van der Waals surface area contributed by atoms with Crippen LogP contribution in [0.15, 0.2) is 22.8 Å². The second-order valence-corrected chi connectivity index (χ2v) is 6.76. The molecule has 0 aliphatic heterocycles. The van der Waals surface area contributed by atoms with E-state index in [9.17, 15) is 0 Å². The van der Waals surface area contributed by atoms with Gasteiger partial charge in [-0.05, 0) is 59.5 Å². The molecule has 0 aromatic carbocycles. The van der Waals surface area contributed by atoms with E-state index < -0.39 is 0 Å². The number of hydrogen-bond donors (Lipinski definition) is 1. The molecular formula is C15H20BrN3S. The number of nitrogens with one attached hydrogen (secondary N) is 1. The molecule has 20 heavy (non-hydrogen) atoms. The average Bonchev–Trinajstić information content (AvgIpc) is 2.81. The van der Waals surface area contributed by atoms with Crippen LogP contribution < -0.4 is 0 Å². The highest BCUT2D eigenvalue weighted by molar-refractivity contribution is 9.10. The van der Waals surface area contributed by atoms with Gasteiger partial charge in [-0.25, -0.2) is 4.98 Å². The standard InChI is InChI=1S/C15H20BrN3S/c1-4-12-15(10(2)5-7-13(17)20-3)19-9-11(16)6-8-14(19)18-12/h6,8-10,17H,4-5,7H2,1-3H3. The minimum absolute atomic E-state index is 0.404. The Morgan fingerprint density at radius 3 is 2.90 bits per heavy atom. The molecule has 0 spiro atoms. The van der Waals surface area contributed by atoms with Gasteiger partial charge in [0.2, 0.25) is 0 Å². The fourth-order valence-corrected chi connectivity index (χ4v) is 3.11. The lowest BCUT2D eigenvalue weighted by Gasteiger charge is -2.13. The van der Waals surface area contributed by atoms with Crippen molar-refractivity contribution >= 4 is 38.4 Å². The van der Waals surface area contributed by atoms with Crippen molar-refractivity contribution in [1.82, 2.24) is 9.38 Å². The third-order valence-corrected chi connectivity index (χ3v) is 4.71. The van der Waals surface area contributed by atoms with Gasteiger partial charge in [-0.2, -0.15) is 0 Å². The van der Waals surface area contributed by atoms with Crippen molar-refractivity contribution in [3.63, 3.8) is 0 Å². The van der Waals surface area contributed by atoms with Gasteiger partial charge in [-0.15, -0.1) is 11.8 Å². The fraction of sp³-hybridized carbons (Fsp3) is 0.467. The van der Waals surface area contributed by atoms with Gasteiger partial charge >= 0.3 is 0 Å². The summed E-state index contributed by atoms with van der Waals surface area (Å²) in [5.41, 5.74) is 3.47. The summed E-state index contributed by atoms with van der Waals surface area (Å²) < 4.78 is 3.26. The zero-order valence-corrected chi connectivity index (χ0v) is 14.5. The number of thioether (sulfide) groups is 1. The van der Waals surface area contributed by atoms with Crippen molar-refractivity contribution in [2.45, 2.75) is 39.0 Å². The lowest BCUT2D eigenvalue weighted by Crippen LogP contribution is -2.04. The van der Waals surface area contributed by atoms with E-state index in [1.54, 1.807) is 0 Å². The van der Waals surface area contributed by atoms with Crippen LogP contribution in [0, 0.1) is 5.41 Å². The summed E-state index contributed by atoms with van der Waals surface area (Å²) in [4.78, 5) is 4.72. The minimum Gasteiger partial charge on any atom is -0.302 e. The number of nitrogens with zero attached hydrogens (tertiary/aromatic N) is 2. The van der Waals surface area contributed by atoms with E-state index in [2.05, 4.69) is 40.4 Å². The molecule has 0 saturated heterocycles. The molecule has 3 nitrogen and oxygen atoms in total. The van der Waals surface area contributed by atoms with Gasteiger partial charge in [0.25, 0.3) is 0 Å². The molecule has 0 fully saturated rings. The van der Waals surface area contributed by atoms with Crippen LogP contribution in [0.1, 0.15) is 44.0 Å². The molecule has 0 bridgehead atoms. The summed E-state index contributed by atoms with van der Waals surface area (Å²) >= 11 is 5.07. The van der Waals surface area contributed by atoms with Gasteiger partial charge in [0.1, 0.15) is 5.65 Å². The Hall–Kier alpha value is -0.810. The molecule has 2 rings (SSSR count). The maximum absolute atomic E-state index is 7.78. The van der Waals surface area contributed by atoms with Crippen LogP contribution in [0.2, 0.25) is 0 Å². The normalized spacial score (nSPS) is 12.8. The second-order valence-electron chi connectivity index (χ2n) is 4.94. The van der Waals surface area contributed by atoms with E-state index in [1.165, 1.54) is 23.1 Å². The van der Waals surface area contributed by atoms with Gasteiger partial charge in [0.05, 0.1) is 10.7 Å². The highest BCUT2D eigenvalue weighted by Gasteiger charge is 2.17. The van der Waals surface area contributed by atoms with Crippen molar-refractivity contribution in [2.24, 2.45) is 0 Å². The topological polar surface area (TPSA) is 41.2 Å². The minimum atomic E-state index is 0.404. The SMILES string of the molecule is CCc1nc2ccc(Br)cn2c1C(C)CCC(=N)SC. The number of pyridine rings is 1. The fourth-order valence-electron chi connectivity index (χ4n) is 2.45. The largest absolute Gasteiger partial charge is 0.302 e. The Morgan fingerprint density at radius 1 is 1.50 bits per heavy atom. The van der Waals surface area contributed by atoms with Gasteiger partial charge in [0, 0.05) is 16.4 Å². The van der Waals surface area contributed by atoms with E-state index in [1.807, 2.05) is 18.4 Å². The molecule has 0 aliphatic carbocycles. The van der Waals surface area contributed by atoms with Crippen LogP contribution >= 0.6 is 27.7 Å². The summed E-state index contributed by atoms with van der Waals surface area (Å²) in [6.45, 7) is 4.38. The first-order valence-corrected chi connectivity index (χ1v) is 8.86. The predicted molar refractivity (Wildman–Crippen MR) is 91.2 cm³/mol. The molecule has 108 valence electrons. The lowest BCUT2D eigenvalue weighted by atomic mass is 9.99. The van der Waals surface area contributed by atoms with Crippen LogP contribution in [-0.2, 0) is 6.42 Å². The molecule has 1 N–H and O–H groups in total. The average molecular weight is 354 g/mol. The predicted octanol–water partition coefficient (Wildman–Crippen LogP) is 4.88. The molecule has 0 radical (unpaired) electrons. The molecule has 2 aromatic heterocycles. The van der Waals surface area contributed by atoms with Crippen molar-refractivity contribution < 1.29 is 0 Å². The molecule has 5 heteroatoms. The van der Waals surface area contributed by atoms with Gasteiger partial charge in [0.15, 0.2) is 0 Å². The third kappa shape index (κ3) is 3.26. The van der Waals surface area contributed by atoms with Crippen LogP contribution in [0.3, 0.4) is 0 Å². The van der Waals surface area contributed by atoms with Crippen molar-refractivity contribution in [2.75, 3.05) is 6.26 Å². The lowest BCUT2D eigenvalue weighted by molar-refractivity contribution is 0.667. The number of hydrogen-bond acceptors (Lipinski definition) is 3. The van der Waals surface area contributed by atoms with E-state index in [0.29, 0.717) is 5.92 Å². The zero-order valence-electron chi connectivity index (χ0n) is 12.1. The second kappa shape index (κ2) is 6.76. The summed E-state index contributed by atoms with van der Waals surface area (Å²) in [7, 11) is 0. The monoisotopic (exact) mass is 353 g/mol. The Bertz CT molecular complexity index is 621. The molecule has 1 unspecified atom stereocenters. The highest BCUT2D eigenvalue weighted by atomic mass is 79.9. The Labute approximate surface area is 132 Å². The molecule has 2 heterocycles. The summed E-state index contributed by atoms with van der Waals surface area (Å²) in [6, 6.07) is 4.07. The summed E-state index contributed by atoms with van der Waals surface area (Å²) in [5, 5.41) is 8.54. The first-order valence-electron chi connectivity index (χ1n) is 6.84. The van der Waals surface area contributed by atoms with Crippen LogP contribution in [0.25, 0.3) is 5.65 Å². The van der Waals surface area contributed by atoms with Crippen LogP contribution in [0.4, 0.5) is 0 Å². The Morgan fingerprint density at radius 2 is 2.25 bits per heavy atom. The van der Waals surface area contributed by atoms with Gasteiger partial charge < -0.3 is 4.40 Å². The van der Waals surface area contributed by atoms with Crippen molar-refractivity contribution in [3.05, 3.63) is 34.2 Å². The molecule has 0 aliphatic rings. The number of halogens is 1. The third-order valence-electron chi connectivity index (χ3n) is 3.55.